The van der Waals surface area contributed by atoms with E-state index in [0.29, 0.717) is 11.3 Å². The van der Waals surface area contributed by atoms with Gasteiger partial charge in [0.25, 0.3) is 11.1 Å². The SMILES string of the molecule is Cc1ccc(NC(=O)CN2C(=O)S/C(=C/c3ccc(C(=O)O)cc3)C2=O)cc1C. The summed E-state index contributed by atoms with van der Waals surface area (Å²) in [6, 6.07) is 11.4. The van der Waals surface area contributed by atoms with E-state index in [-0.39, 0.29) is 17.0 Å². The second-order valence-electron chi connectivity index (χ2n) is 6.54. The molecule has 8 heteroatoms. The fourth-order valence-electron chi connectivity index (χ4n) is 2.67. The van der Waals surface area contributed by atoms with E-state index in [2.05, 4.69) is 5.32 Å². The van der Waals surface area contributed by atoms with Crippen LogP contribution in [0.1, 0.15) is 27.0 Å². The number of carbonyl (C=O) groups is 4. The molecule has 0 aromatic heterocycles. The fraction of sp³-hybridized carbons (Fsp3) is 0.143. The van der Waals surface area contributed by atoms with E-state index in [1.807, 2.05) is 26.0 Å². The van der Waals surface area contributed by atoms with E-state index < -0.39 is 23.0 Å². The van der Waals surface area contributed by atoms with Crippen molar-refractivity contribution >= 4 is 46.5 Å². The maximum atomic E-state index is 12.5. The molecule has 0 aliphatic carbocycles. The van der Waals surface area contributed by atoms with Gasteiger partial charge in [0.1, 0.15) is 6.54 Å². The first kappa shape index (κ1) is 20.3. The molecule has 7 nitrogen and oxygen atoms in total. The monoisotopic (exact) mass is 410 g/mol. The molecule has 29 heavy (non-hydrogen) atoms. The average Bonchev–Trinajstić information content (AvgIpc) is 2.92. The van der Waals surface area contributed by atoms with Crippen molar-refractivity contribution in [2.45, 2.75) is 13.8 Å². The maximum absolute atomic E-state index is 12.5. The van der Waals surface area contributed by atoms with Crippen LogP contribution in [-0.4, -0.2) is 39.6 Å². The van der Waals surface area contributed by atoms with Crippen molar-refractivity contribution in [2.24, 2.45) is 0 Å². The summed E-state index contributed by atoms with van der Waals surface area (Å²) in [6.45, 7) is 3.50. The largest absolute Gasteiger partial charge is 0.478 e. The number of thioether (sulfide) groups is 1. The van der Waals surface area contributed by atoms with E-state index in [4.69, 9.17) is 5.11 Å². The van der Waals surface area contributed by atoms with Gasteiger partial charge in [0.2, 0.25) is 5.91 Å². The number of anilines is 1. The molecule has 148 valence electrons. The number of aryl methyl sites for hydroxylation is 2. The highest BCUT2D eigenvalue weighted by atomic mass is 32.2. The molecule has 2 aromatic carbocycles. The fourth-order valence-corrected chi connectivity index (χ4v) is 3.51. The number of carboxylic acid groups (broad SMARTS) is 1. The molecule has 0 spiro atoms. The third-order valence-corrected chi connectivity index (χ3v) is 5.33. The lowest BCUT2D eigenvalue weighted by Gasteiger charge is -2.13. The molecule has 1 fully saturated rings. The summed E-state index contributed by atoms with van der Waals surface area (Å²) in [4.78, 5) is 49.0. The van der Waals surface area contributed by atoms with Gasteiger partial charge >= 0.3 is 5.97 Å². The minimum atomic E-state index is -1.05. The number of hydrogen-bond donors (Lipinski definition) is 2. The van der Waals surface area contributed by atoms with Gasteiger partial charge in [-0.3, -0.25) is 19.3 Å². The topological polar surface area (TPSA) is 104 Å². The van der Waals surface area contributed by atoms with Crippen LogP contribution < -0.4 is 5.32 Å². The van der Waals surface area contributed by atoms with Gasteiger partial charge in [0, 0.05) is 5.69 Å². The highest BCUT2D eigenvalue weighted by molar-refractivity contribution is 8.18. The van der Waals surface area contributed by atoms with Crippen LogP contribution in [0.4, 0.5) is 10.5 Å². The normalized spacial score (nSPS) is 15.1. The Morgan fingerprint density at radius 1 is 1.07 bits per heavy atom. The number of nitrogens with one attached hydrogen (secondary N) is 1. The Morgan fingerprint density at radius 3 is 2.38 bits per heavy atom. The van der Waals surface area contributed by atoms with Crippen molar-refractivity contribution in [3.05, 3.63) is 69.6 Å². The number of amides is 3. The van der Waals surface area contributed by atoms with Gasteiger partial charge < -0.3 is 10.4 Å². The van der Waals surface area contributed by atoms with Crippen molar-refractivity contribution in [2.75, 3.05) is 11.9 Å². The van der Waals surface area contributed by atoms with Crippen LogP contribution in [-0.2, 0) is 9.59 Å². The lowest BCUT2D eigenvalue weighted by atomic mass is 10.1. The van der Waals surface area contributed by atoms with E-state index in [1.54, 1.807) is 18.2 Å². The van der Waals surface area contributed by atoms with Gasteiger partial charge in [-0.05, 0) is 72.6 Å². The molecular weight excluding hydrogens is 392 g/mol. The van der Waals surface area contributed by atoms with Crippen molar-refractivity contribution < 1.29 is 24.3 Å². The summed E-state index contributed by atoms with van der Waals surface area (Å²) in [5, 5.41) is 11.1. The Morgan fingerprint density at radius 2 is 1.76 bits per heavy atom. The second kappa shape index (κ2) is 8.32. The molecule has 0 atom stereocenters. The van der Waals surface area contributed by atoms with Gasteiger partial charge in [-0.25, -0.2) is 4.79 Å². The number of nitrogens with zero attached hydrogens (tertiary/aromatic N) is 1. The number of carbonyl (C=O) groups excluding carboxylic acids is 3. The van der Waals surface area contributed by atoms with Crippen molar-refractivity contribution in [1.82, 2.24) is 4.90 Å². The minimum absolute atomic E-state index is 0.123. The lowest BCUT2D eigenvalue weighted by Crippen LogP contribution is -2.36. The first-order chi connectivity index (χ1) is 13.7. The van der Waals surface area contributed by atoms with Gasteiger partial charge in [0.05, 0.1) is 10.5 Å². The highest BCUT2D eigenvalue weighted by Crippen LogP contribution is 2.32. The maximum Gasteiger partial charge on any atom is 0.335 e. The predicted octanol–water partition coefficient (Wildman–Crippen LogP) is 3.68. The average molecular weight is 410 g/mol. The van der Waals surface area contributed by atoms with Crippen LogP contribution in [0, 0.1) is 13.8 Å². The quantitative estimate of drug-likeness (QED) is 0.729. The molecular formula is C21H18N2O5S. The Hall–Kier alpha value is -3.39. The molecule has 1 aliphatic rings. The number of hydrogen-bond acceptors (Lipinski definition) is 5. The predicted molar refractivity (Wildman–Crippen MR) is 111 cm³/mol. The smallest absolute Gasteiger partial charge is 0.335 e. The molecule has 2 N–H and O–H groups in total. The molecule has 2 aromatic rings. The molecule has 0 unspecified atom stereocenters. The zero-order chi connectivity index (χ0) is 21.1. The van der Waals surface area contributed by atoms with Crippen LogP contribution >= 0.6 is 11.8 Å². The summed E-state index contributed by atoms with van der Waals surface area (Å²) >= 11 is 0.742. The van der Waals surface area contributed by atoms with Crippen LogP contribution in [0.25, 0.3) is 6.08 Å². The number of rotatable bonds is 5. The lowest BCUT2D eigenvalue weighted by molar-refractivity contribution is -0.127. The standard InChI is InChI=1S/C21H18N2O5S/c1-12-3-8-16(9-13(12)2)22-18(24)11-23-19(25)17(29-21(23)28)10-14-4-6-15(7-5-14)20(26)27/h3-10H,11H2,1-2H3,(H,22,24)(H,26,27)/b17-10+. The molecule has 0 radical (unpaired) electrons. The summed E-state index contributed by atoms with van der Waals surface area (Å²) < 4.78 is 0. The van der Waals surface area contributed by atoms with E-state index >= 15 is 0 Å². The first-order valence-electron chi connectivity index (χ1n) is 8.70. The Kier molecular flexibility index (Phi) is 5.84. The molecule has 1 aliphatic heterocycles. The van der Waals surface area contributed by atoms with E-state index in [9.17, 15) is 19.2 Å². The summed E-state index contributed by atoms with van der Waals surface area (Å²) in [5.41, 5.74) is 3.42. The molecule has 0 bridgehead atoms. The summed E-state index contributed by atoms with van der Waals surface area (Å²) in [5.74, 6) is -2.08. The second-order valence-corrected chi connectivity index (χ2v) is 7.54. The van der Waals surface area contributed by atoms with Crippen LogP contribution in [0.15, 0.2) is 47.4 Å². The van der Waals surface area contributed by atoms with Gasteiger partial charge in [-0.15, -0.1) is 0 Å². The van der Waals surface area contributed by atoms with Crippen molar-refractivity contribution in [3.63, 3.8) is 0 Å². The third-order valence-electron chi connectivity index (χ3n) is 4.42. The molecule has 1 saturated heterocycles. The van der Waals surface area contributed by atoms with Gasteiger partial charge in [0.15, 0.2) is 0 Å². The van der Waals surface area contributed by atoms with Crippen molar-refractivity contribution in [1.29, 1.82) is 0 Å². The number of carboxylic acids is 1. The number of benzene rings is 2. The van der Waals surface area contributed by atoms with Crippen LogP contribution in [0.5, 0.6) is 0 Å². The van der Waals surface area contributed by atoms with Crippen LogP contribution in [0.3, 0.4) is 0 Å². The molecule has 0 saturated carbocycles. The Bertz CT molecular complexity index is 1040. The zero-order valence-electron chi connectivity index (χ0n) is 15.8. The highest BCUT2D eigenvalue weighted by Gasteiger charge is 2.36. The molecule has 3 amide bonds. The summed E-state index contributed by atoms with van der Waals surface area (Å²) in [6.07, 6.45) is 1.50. The van der Waals surface area contributed by atoms with E-state index in [0.717, 1.165) is 27.8 Å². The number of imide groups is 1. The van der Waals surface area contributed by atoms with Crippen LogP contribution in [0.2, 0.25) is 0 Å². The van der Waals surface area contributed by atoms with E-state index in [1.165, 1.54) is 18.2 Å². The molecule has 3 rings (SSSR count). The Balaban J connectivity index is 1.68. The summed E-state index contributed by atoms with van der Waals surface area (Å²) in [7, 11) is 0. The van der Waals surface area contributed by atoms with Gasteiger partial charge in [-0.1, -0.05) is 18.2 Å². The third kappa shape index (κ3) is 4.72. The zero-order valence-corrected chi connectivity index (χ0v) is 16.6. The number of aromatic carboxylic acids is 1. The van der Waals surface area contributed by atoms with Gasteiger partial charge in [-0.2, -0.15) is 0 Å². The minimum Gasteiger partial charge on any atom is -0.478 e. The first-order valence-corrected chi connectivity index (χ1v) is 9.52. The Labute approximate surface area is 171 Å². The molecule has 1 heterocycles. The van der Waals surface area contributed by atoms with Crippen molar-refractivity contribution in [3.8, 4) is 0 Å².